The molecule has 9 nitrogen and oxygen atoms in total. The lowest BCUT2D eigenvalue weighted by molar-refractivity contribution is -0.0472. The molecule has 1 aliphatic heterocycles. The van der Waals surface area contributed by atoms with Gasteiger partial charge in [-0.1, -0.05) is 6.07 Å². The molecule has 0 spiro atoms. The number of ether oxygens (including phenoxy) is 2. The Balaban J connectivity index is 1.36. The first kappa shape index (κ1) is 19.4. The van der Waals surface area contributed by atoms with Crippen LogP contribution in [-0.2, 0) is 4.74 Å². The van der Waals surface area contributed by atoms with Gasteiger partial charge in [-0.05, 0) is 46.9 Å². The van der Waals surface area contributed by atoms with Gasteiger partial charge in [0.1, 0.15) is 48.5 Å². The molecule has 4 aromatic rings. The lowest BCUT2D eigenvalue weighted by Gasteiger charge is -2.17. The highest BCUT2D eigenvalue weighted by Gasteiger charge is 2.44. The third-order valence-electron chi connectivity index (χ3n) is 5.23. The predicted molar refractivity (Wildman–Crippen MR) is 118 cm³/mol. The van der Waals surface area contributed by atoms with Crippen molar-refractivity contribution in [1.82, 2.24) is 19.5 Å². The van der Waals surface area contributed by atoms with Gasteiger partial charge in [0, 0.05) is 17.8 Å². The third kappa shape index (κ3) is 3.16. The average Bonchev–Trinajstić information content (AvgIpc) is 3.30. The van der Waals surface area contributed by atoms with E-state index in [-0.39, 0.29) is 6.61 Å². The molecule has 1 aliphatic rings. The minimum absolute atomic E-state index is 0.0688. The van der Waals surface area contributed by atoms with E-state index >= 15 is 0 Å². The van der Waals surface area contributed by atoms with Crippen molar-refractivity contribution in [1.29, 1.82) is 0 Å². The van der Waals surface area contributed by atoms with Crippen LogP contribution in [0.25, 0.3) is 21.9 Å². The lowest BCUT2D eigenvalue weighted by atomic mass is 10.1. The van der Waals surface area contributed by atoms with Crippen LogP contribution in [0.2, 0.25) is 0 Å². The van der Waals surface area contributed by atoms with E-state index in [9.17, 15) is 10.2 Å². The van der Waals surface area contributed by atoms with Gasteiger partial charge < -0.3 is 30.0 Å². The smallest absolute Gasteiger partial charge is 0.164 e. The summed E-state index contributed by atoms with van der Waals surface area (Å²) in [5, 5.41) is 22.8. The number of nitrogens with zero attached hydrogens (tertiary/aromatic N) is 4. The quantitative estimate of drug-likeness (QED) is 0.349. The van der Waals surface area contributed by atoms with E-state index in [1.54, 1.807) is 23.0 Å². The molecule has 4 atom stereocenters. The monoisotopic (exact) mass is 519 g/mol. The van der Waals surface area contributed by atoms with Gasteiger partial charge in [-0.25, -0.2) is 9.97 Å². The first-order valence-electron chi connectivity index (χ1n) is 9.29. The van der Waals surface area contributed by atoms with Gasteiger partial charge in [0.15, 0.2) is 6.23 Å². The molecule has 1 fully saturated rings. The van der Waals surface area contributed by atoms with Crippen LogP contribution < -0.4 is 10.5 Å². The standard InChI is InChI=1S/C20H18IN5O4/c21-14-12(4-3-10-2-1-6-23-15(10)14)29-8-13-16(27)17(28)20(30-13)26-7-5-11-18(22)24-9-25-19(11)26/h1-7,9,13,16-17,20,27-28H,8H2,(H2,22,24,25)/t13-,16-,17-,20-/m1/s1. The van der Waals surface area contributed by atoms with Gasteiger partial charge in [0.25, 0.3) is 0 Å². The second-order valence-electron chi connectivity index (χ2n) is 7.03. The molecule has 10 heteroatoms. The van der Waals surface area contributed by atoms with Crippen LogP contribution in [0.4, 0.5) is 5.82 Å². The van der Waals surface area contributed by atoms with E-state index in [0.717, 1.165) is 14.5 Å². The maximum Gasteiger partial charge on any atom is 0.164 e. The maximum absolute atomic E-state index is 10.6. The molecular weight excluding hydrogens is 501 g/mol. The highest BCUT2D eigenvalue weighted by Crippen LogP contribution is 2.34. The SMILES string of the molecule is Nc1ncnc2c1ccn2[C@@H]1O[C@H](COc2ccc3cccnc3c2I)[C@@H](O)[C@H]1O. The summed E-state index contributed by atoms with van der Waals surface area (Å²) in [5.41, 5.74) is 7.25. The number of nitrogen functional groups attached to an aromatic ring is 1. The molecule has 4 N–H and O–H groups in total. The van der Waals surface area contributed by atoms with Gasteiger partial charge in [-0.2, -0.15) is 0 Å². The number of aromatic nitrogens is 4. The Bertz CT molecular complexity index is 1230. The number of pyridine rings is 1. The molecule has 0 aliphatic carbocycles. The maximum atomic E-state index is 10.6. The van der Waals surface area contributed by atoms with Crippen molar-refractivity contribution in [2.24, 2.45) is 0 Å². The normalized spacial score (nSPS) is 24.0. The molecular formula is C20H18IN5O4. The van der Waals surface area contributed by atoms with Gasteiger partial charge in [-0.3, -0.25) is 4.98 Å². The summed E-state index contributed by atoms with van der Waals surface area (Å²) in [6.07, 6.45) is 0.969. The van der Waals surface area contributed by atoms with Crippen LogP contribution in [0.5, 0.6) is 5.75 Å². The molecule has 3 aromatic heterocycles. The number of benzene rings is 1. The third-order valence-corrected chi connectivity index (χ3v) is 6.27. The predicted octanol–water partition coefficient (Wildman–Crippen LogP) is 1.86. The number of aliphatic hydroxyl groups is 2. The molecule has 0 unspecified atom stereocenters. The second-order valence-corrected chi connectivity index (χ2v) is 8.11. The van der Waals surface area contributed by atoms with Crippen molar-refractivity contribution in [3.63, 3.8) is 0 Å². The fourth-order valence-corrected chi connectivity index (χ4v) is 4.45. The average molecular weight is 519 g/mol. The number of hydrogen-bond donors (Lipinski definition) is 3. The van der Waals surface area contributed by atoms with Crippen molar-refractivity contribution >= 4 is 50.3 Å². The zero-order valence-corrected chi connectivity index (χ0v) is 17.7. The van der Waals surface area contributed by atoms with Crippen LogP contribution in [0.1, 0.15) is 6.23 Å². The molecule has 1 aromatic carbocycles. The fraction of sp³-hybridized carbons (Fsp3) is 0.250. The van der Waals surface area contributed by atoms with E-state index in [0.29, 0.717) is 22.6 Å². The van der Waals surface area contributed by atoms with Gasteiger partial charge in [-0.15, -0.1) is 0 Å². The molecule has 4 heterocycles. The van der Waals surface area contributed by atoms with Crippen LogP contribution in [0, 0.1) is 3.57 Å². The Hall–Kier alpha value is -2.54. The zero-order chi connectivity index (χ0) is 20.8. The summed E-state index contributed by atoms with van der Waals surface area (Å²) in [4.78, 5) is 12.6. The topological polar surface area (TPSA) is 129 Å². The number of aliphatic hydroxyl groups excluding tert-OH is 2. The van der Waals surface area contributed by atoms with Crippen LogP contribution >= 0.6 is 22.6 Å². The van der Waals surface area contributed by atoms with E-state index in [1.807, 2.05) is 24.3 Å². The summed E-state index contributed by atoms with van der Waals surface area (Å²) in [7, 11) is 0. The number of rotatable bonds is 4. The Labute approximate surface area is 184 Å². The highest BCUT2D eigenvalue weighted by molar-refractivity contribution is 14.1. The van der Waals surface area contributed by atoms with Crippen molar-refractivity contribution in [2.45, 2.75) is 24.5 Å². The number of nitrogens with two attached hydrogens (primary N) is 1. The first-order valence-corrected chi connectivity index (χ1v) is 10.4. The molecule has 0 saturated carbocycles. The molecule has 0 bridgehead atoms. The summed E-state index contributed by atoms with van der Waals surface area (Å²) >= 11 is 2.19. The van der Waals surface area contributed by atoms with Crippen molar-refractivity contribution in [3.8, 4) is 5.75 Å². The molecule has 30 heavy (non-hydrogen) atoms. The number of fused-ring (bicyclic) bond motifs is 2. The summed E-state index contributed by atoms with van der Waals surface area (Å²) in [6, 6.07) is 9.41. The molecule has 0 amide bonds. The van der Waals surface area contributed by atoms with Crippen molar-refractivity contribution < 1.29 is 19.7 Å². The van der Waals surface area contributed by atoms with Crippen LogP contribution in [0.3, 0.4) is 0 Å². The van der Waals surface area contributed by atoms with Gasteiger partial charge in [0.2, 0.25) is 0 Å². The number of anilines is 1. The van der Waals surface area contributed by atoms with E-state index < -0.39 is 24.5 Å². The van der Waals surface area contributed by atoms with Crippen LogP contribution in [0.15, 0.2) is 49.1 Å². The van der Waals surface area contributed by atoms with E-state index in [2.05, 4.69) is 37.5 Å². The summed E-state index contributed by atoms with van der Waals surface area (Å²) < 4.78 is 14.4. The lowest BCUT2D eigenvalue weighted by Crippen LogP contribution is -2.34. The second kappa shape index (κ2) is 7.61. The minimum atomic E-state index is -1.15. The Kier molecular flexibility index (Phi) is 4.93. The first-order chi connectivity index (χ1) is 14.5. The van der Waals surface area contributed by atoms with Crippen LogP contribution in [-0.4, -0.2) is 54.7 Å². The van der Waals surface area contributed by atoms with Gasteiger partial charge >= 0.3 is 0 Å². The number of hydrogen-bond acceptors (Lipinski definition) is 8. The number of halogens is 1. The highest BCUT2D eigenvalue weighted by atomic mass is 127. The van der Waals surface area contributed by atoms with Crippen molar-refractivity contribution in [2.75, 3.05) is 12.3 Å². The molecule has 0 radical (unpaired) electrons. The summed E-state index contributed by atoms with van der Waals surface area (Å²) in [6.45, 7) is 0.0688. The van der Waals surface area contributed by atoms with Gasteiger partial charge in [0.05, 0.1) is 14.5 Å². The minimum Gasteiger partial charge on any atom is -0.490 e. The summed E-state index contributed by atoms with van der Waals surface area (Å²) in [5.74, 6) is 0.980. The fourth-order valence-electron chi connectivity index (χ4n) is 3.67. The molecule has 154 valence electrons. The Morgan fingerprint density at radius 1 is 1.13 bits per heavy atom. The van der Waals surface area contributed by atoms with E-state index in [1.165, 1.54) is 6.33 Å². The molecule has 1 saturated heterocycles. The zero-order valence-electron chi connectivity index (χ0n) is 15.6. The molecule has 5 rings (SSSR count). The Morgan fingerprint density at radius 2 is 2.00 bits per heavy atom. The largest absolute Gasteiger partial charge is 0.490 e. The Morgan fingerprint density at radius 3 is 2.87 bits per heavy atom. The van der Waals surface area contributed by atoms with Crippen molar-refractivity contribution in [3.05, 3.63) is 52.6 Å². The van der Waals surface area contributed by atoms with E-state index in [4.69, 9.17) is 15.2 Å².